The van der Waals surface area contributed by atoms with E-state index >= 15 is 0 Å². The first-order valence-corrected chi connectivity index (χ1v) is 5.72. The summed E-state index contributed by atoms with van der Waals surface area (Å²) in [6.07, 6.45) is 3.07. The molecule has 0 radical (unpaired) electrons. The van der Waals surface area contributed by atoms with Crippen LogP contribution in [0.25, 0.3) is 11.1 Å². The number of rotatable bonds is 0. The predicted molar refractivity (Wildman–Crippen MR) is 66.7 cm³/mol. The Kier molecular flexibility index (Phi) is 1.90. The molecule has 1 aliphatic carbocycles. The number of fused-ring (bicyclic) bond motifs is 3. The lowest BCUT2D eigenvalue weighted by molar-refractivity contribution is 1.13. The fourth-order valence-corrected chi connectivity index (χ4v) is 2.52. The summed E-state index contributed by atoms with van der Waals surface area (Å²) < 4.78 is 0. The molecule has 2 aromatic rings. The maximum Gasteiger partial charge on any atom is 0.0379 e. The molecule has 80 valence electrons. The smallest absolute Gasteiger partial charge is 0.0379 e. The minimum absolute atomic E-state index is 1.05. The monoisotopic (exact) mass is 209 g/mol. The number of aromatic nitrogens is 1. The van der Waals surface area contributed by atoms with Crippen LogP contribution in [-0.4, -0.2) is 4.98 Å². The van der Waals surface area contributed by atoms with Gasteiger partial charge in [0.1, 0.15) is 0 Å². The molecule has 1 aromatic heterocycles. The maximum atomic E-state index is 4.39. The molecular weight excluding hydrogens is 194 g/mol. The van der Waals surface area contributed by atoms with Gasteiger partial charge >= 0.3 is 0 Å². The molecule has 0 aliphatic heterocycles. The molecule has 0 amide bonds. The number of pyridine rings is 1. The Morgan fingerprint density at radius 3 is 2.69 bits per heavy atom. The quantitative estimate of drug-likeness (QED) is 0.551. The Morgan fingerprint density at radius 2 is 1.88 bits per heavy atom. The highest BCUT2D eigenvalue weighted by Gasteiger charge is 2.20. The summed E-state index contributed by atoms with van der Waals surface area (Å²) in [5.41, 5.74) is 9.57. The van der Waals surface area contributed by atoms with Gasteiger partial charge in [0.05, 0.1) is 0 Å². The molecule has 0 fully saturated rings. The second kappa shape index (κ2) is 3.18. The van der Waals surface area contributed by atoms with Crippen molar-refractivity contribution in [2.75, 3.05) is 0 Å². The Morgan fingerprint density at radius 1 is 1.06 bits per heavy atom. The highest BCUT2D eigenvalue weighted by molar-refractivity contribution is 5.78. The highest BCUT2D eigenvalue weighted by atomic mass is 14.7. The SMILES string of the molecule is Cc1cc2c(cn1)Cc1c-2ccc(C)c1C. The molecule has 0 saturated carbocycles. The van der Waals surface area contributed by atoms with Crippen molar-refractivity contribution in [1.29, 1.82) is 0 Å². The van der Waals surface area contributed by atoms with Crippen molar-refractivity contribution in [3.63, 3.8) is 0 Å². The molecule has 0 atom stereocenters. The number of hydrogen-bond donors (Lipinski definition) is 0. The van der Waals surface area contributed by atoms with Gasteiger partial charge in [-0.15, -0.1) is 0 Å². The van der Waals surface area contributed by atoms with E-state index in [-0.39, 0.29) is 0 Å². The van der Waals surface area contributed by atoms with Gasteiger partial charge in [0.15, 0.2) is 0 Å². The van der Waals surface area contributed by atoms with Gasteiger partial charge in [-0.3, -0.25) is 4.98 Å². The summed E-state index contributed by atoms with van der Waals surface area (Å²) in [4.78, 5) is 4.39. The van der Waals surface area contributed by atoms with Crippen LogP contribution in [0.5, 0.6) is 0 Å². The molecule has 1 aromatic carbocycles. The first-order chi connectivity index (χ1) is 7.66. The summed E-state index contributed by atoms with van der Waals surface area (Å²) in [6.45, 7) is 6.46. The van der Waals surface area contributed by atoms with Gasteiger partial charge in [0, 0.05) is 18.3 Å². The zero-order valence-electron chi connectivity index (χ0n) is 9.96. The van der Waals surface area contributed by atoms with E-state index in [4.69, 9.17) is 0 Å². The van der Waals surface area contributed by atoms with Crippen molar-refractivity contribution in [3.8, 4) is 11.1 Å². The van der Waals surface area contributed by atoms with Gasteiger partial charge in [-0.2, -0.15) is 0 Å². The van der Waals surface area contributed by atoms with Gasteiger partial charge in [-0.05, 0) is 60.2 Å². The molecular formula is C15H15N. The van der Waals surface area contributed by atoms with E-state index in [0.29, 0.717) is 0 Å². The largest absolute Gasteiger partial charge is 0.261 e. The minimum atomic E-state index is 1.05. The molecule has 1 heterocycles. The number of aryl methyl sites for hydroxylation is 2. The first-order valence-electron chi connectivity index (χ1n) is 5.72. The zero-order valence-corrected chi connectivity index (χ0v) is 9.96. The summed E-state index contributed by atoms with van der Waals surface area (Å²) in [6, 6.07) is 6.68. The number of hydrogen-bond acceptors (Lipinski definition) is 1. The Balaban J connectivity index is 2.30. The Labute approximate surface area is 96.2 Å². The van der Waals surface area contributed by atoms with E-state index in [1.54, 1.807) is 0 Å². The molecule has 16 heavy (non-hydrogen) atoms. The van der Waals surface area contributed by atoms with Crippen LogP contribution in [0.4, 0.5) is 0 Å². The normalized spacial score (nSPS) is 12.4. The van der Waals surface area contributed by atoms with Crippen LogP contribution in [0.1, 0.15) is 27.9 Å². The Hall–Kier alpha value is -1.63. The topological polar surface area (TPSA) is 12.9 Å². The van der Waals surface area contributed by atoms with Crippen LogP contribution in [0.15, 0.2) is 24.4 Å². The average molecular weight is 209 g/mol. The van der Waals surface area contributed by atoms with Crippen LogP contribution in [0.3, 0.4) is 0 Å². The maximum absolute atomic E-state index is 4.39. The highest BCUT2D eigenvalue weighted by Crippen LogP contribution is 2.38. The lowest BCUT2D eigenvalue weighted by Crippen LogP contribution is -1.89. The standard InChI is InChI=1S/C15H15N/c1-9-4-5-13-14(11(9)3)7-12-8-16-10(2)6-15(12)13/h4-6,8H,7H2,1-3H3. The summed E-state index contributed by atoms with van der Waals surface area (Å²) >= 11 is 0. The van der Waals surface area contributed by atoms with Crippen molar-refractivity contribution < 1.29 is 0 Å². The van der Waals surface area contributed by atoms with Crippen molar-refractivity contribution in [2.24, 2.45) is 0 Å². The van der Waals surface area contributed by atoms with E-state index < -0.39 is 0 Å². The van der Waals surface area contributed by atoms with Crippen LogP contribution in [0.2, 0.25) is 0 Å². The van der Waals surface area contributed by atoms with Crippen LogP contribution < -0.4 is 0 Å². The van der Waals surface area contributed by atoms with Crippen LogP contribution in [0, 0.1) is 20.8 Å². The first kappa shape index (κ1) is 9.59. The van der Waals surface area contributed by atoms with E-state index in [1.165, 1.54) is 33.4 Å². The number of benzene rings is 1. The van der Waals surface area contributed by atoms with Crippen molar-refractivity contribution in [3.05, 3.63) is 52.3 Å². The van der Waals surface area contributed by atoms with Gasteiger partial charge < -0.3 is 0 Å². The number of nitrogens with zero attached hydrogens (tertiary/aromatic N) is 1. The molecule has 1 nitrogen and oxygen atoms in total. The van der Waals surface area contributed by atoms with E-state index in [1.807, 2.05) is 6.20 Å². The molecule has 1 heteroatoms. The van der Waals surface area contributed by atoms with Crippen LogP contribution in [-0.2, 0) is 6.42 Å². The van der Waals surface area contributed by atoms with E-state index in [2.05, 4.69) is 44.0 Å². The Bertz CT molecular complexity index is 582. The van der Waals surface area contributed by atoms with Gasteiger partial charge in [-0.25, -0.2) is 0 Å². The van der Waals surface area contributed by atoms with Gasteiger partial charge in [-0.1, -0.05) is 12.1 Å². The second-order valence-corrected chi connectivity index (χ2v) is 4.69. The molecule has 0 saturated heterocycles. The van der Waals surface area contributed by atoms with Crippen molar-refractivity contribution >= 4 is 0 Å². The molecule has 0 bridgehead atoms. The van der Waals surface area contributed by atoms with Crippen molar-refractivity contribution in [1.82, 2.24) is 4.98 Å². The third-order valence-corrected chi connectivity index (χ3v) is 3.65. The third kappa shape index (κ3) is 1.21. The van der Waals surface area contributed by atoms with E-state index in [0.717, 1.165) is 12.1 Å². The summed E-state index contributed by atoms with van der Waals surface area (Å²) in [7, 11) is 0. The lowest BCUT2D eigenvalue weighted by Gasteiger charge is -2.07. The minimum Gasteiger partial charge on any atom is -0.261 e. The van der Waals surface area contributed by atoms with Gasteiger partial charge in [0.25, 0.3) is 0 Å². The summed E-state index contributed by atoms with van der Waals surface area (Å²) in [5, 5.41) is 0. The molecule has 1 aliphatic rings. The summed E-state index contributed by atoms with van der Waals surface area (Å²) in [5.74, 6) is 0. The third-order valence-electron chi connectivity index (χ3n) is 3.65. The van der Waals surface area contributed by atoms with E-state index in [9.17, 15) is 0 Å². The van der Waals surface area contributed by atoms with Crippen LogP contribution >= 0.6 is 0 Å². The molecule has 0 spiro atoms. The molecule has 0 N–H and O–H groups in total. The van der Waals surface area contributed by atoms with Gasteiger partial charge in [0.2, 0.25) is 0 Å². The van der Waals surface area contributed by atoms with Crippen molar-refractivity contribution in [2.45, 2.75) is 27.2 Å². The average Bonchev–Trinajstić information content (AvgIpc) is 2.62. The zero-order chi connectivity index (χ0) is 11.3. The fraction of sp³-hybridized carbons (Fsp3) is 0.267. The fourth-order valence-electron chi connectivity index (χ4n) is 2.52. The second-order valence-electron chi connectivity index (χ2n) is 4.69. The predicted octanol–water partition coefficient (Wildman–Crippen LogP) is 3.58. The molecule has 0 unspecified atom stereocenters. The lowest BCUT2D eigenvalue weighted by atomic mass is 9.98. The molecule has 3 rings (SSSR count).